The van der Waals surface area contributed by atoms with E-state index in [1.165, 1.54) is 65.2 Å². The molecule has 9 amide bonds. The Hall–Kier alpha value is -6.97. The van der Waals surface area contributed by atoms with E-state index in [1.807, 2.05) is 0 Å². The van der Waals surface area contributed by atoms with Crippen LogP contribution in [0.25, 0.3) is 0 Å². The molecule has 8 atom stereocenters. The van der Waals surface area contributed by atoms with E-state index in [2.05, 4.69) is 54.8 Å². The van der Waals surface area contributed by atoms with Gasteiger partial charge in [0, 0.05) is 38.6 Å². The van der Waals surface area contributed by atoms with Crippen LogP contribution in [0.1, 0.15) is 190 Å². The molecule has 0 aromatic carbocycles. The van der Waals surface area contributed by atoms with Crippen molar-refractivity contribution in [1.82, 2.24) is 47.9 Å². The number of hydrogen-bond donors (Lipinski definition) is 14. The third-order valence-corrected chi connectivity index (χ3v) is 13.4. The maximum Gasteiger partial charge on any atom is 0.303 e. The predicted molar refractivity (Wildman–Crippen MR) is 305 cm³/mol. The number of unbranched alkanes of at least 4 members (excludes halogenated alkanes) is 12. The number of carboxylic acid groups (broad SMARTS) is 4. The Kier molecular flexibility index (Phi) is 40.8. The zero-order chi connectivity index (χ0) is 63.7. The van der Waals surface area contributed by atoms with Crippen molar-refractivity contribution in [2.75, 3.05) is 26.4 Å². The van der Waals surface area contributed by atoms with Crippen LogP contribution in [-0.2, 0) is 67.1 Å². The molecule has 0 fully saturated rings. The van der Waals surface area contributed by atoms with Gasteiger partial charge in [-0.2, -0.15) is 0 Å². The summed E-state index contributed by atoms with van der Waals surface area (Å²) in [5, 5.41) is 68.3. The molecular formula is C56H97N9O19. The minimum absolute atomic E-state index is 0.0526. The maximum absolute atomic E-state index is 13.8. The van der Waals surface area contributed by atoms with Gasteiger partial charge in [-0.1, -0.05) is 112 Å². The molecule has 0 aromatic rings. The lowest BCUT2D eigenvalue weighted by Crippen LogP contribution is -2.60. The fraction of sp³-hybridized carbons (Fsp3) is 0.768. The standard InChI is InChI=1S/C56H97N9O19/c1-8-9-10-11-12-13-14-15-16-17-18-19-20-21-42(67)64-47(34(2)3)56(83)65-48(35(4)5)55(82)59-36(6)49(76)58-37(7)50(77)60-39(23-27-44(70)71)52(79)62-41(25-29-46(74)75)54(81)63-40(24-28-45(72)73)53(80)61-38(22-26-43(68)69)51(78)57-30-32-84-33-31-66/h34-41,47-48,66H,8-33H2,1-7H3,(H,57,78)(H,58,76)(H,59,82)(H,60,77)(H,61,80)(H,62,79)(H,63,81)(H,64,67)(H,65,83)(H,68,69)(H,70,71)(H,72,73)(H,74,75)/t36-,37-,38-,39-,40?,41-,47-,48-/m0/s1. The van der Waals surface area contributed by atoms with Crippen molar-refractivity contribution in [1.29, 1.82) is 0 Å². The molecule has 0 spiro atoms. The lowest BCUT2D eigenvalue weighted by molar-refractivity contribution is -0.140. The number of nitrogens with one attached hydrogen (secondary N) is 9. The summed E-state index contributed by atoms with van der Waals surface area (Å²) in [6.07, 6.45) is 9.91. The van der Waals surface area contributed by atoms with Crippen LogP contribution in [0.15, 0.2) is 0 Å². The molecule has 0 aliphatic rings. The molecule has 0 rings (SSSR count). The van der Waals surface area contributed by atoms with Crippen LogP contribution in [-0.4, -0.2) is 177 Å². The molecule has 0 bridgehead atoms. The first-order valence-corrected chi connectivity index (χ1v) is 29.4. The van der Waals surface area contributed by atoms with Crippen LogP contribution in [0.5, 0.6) is 0 Å². The van der Waals surface area contributed by atoms with Crippen molar-refractivity contribution < 1.29 is 92.6 Å². The maximum atomic E-state index is 13.8. The highest BCUT2D eigenvalue weighted by Crippen LogP contribution is 2.15. The number of aliphatic hydroxyl groups is 1. The molecule has 1 unspecified atom stereocenters. The SMILES string of the molecule is CCCCCCCCCCCCCCCC(=O)N[C@H](C(=O)N[C@H](C(=O)N[C@@H](C)C(=O)N[C@@H](C)C(=O)N[C@@H](CCC(=O)O)C(=O)N[C@@H](CCC(=O)O)C(=O)NC(CCC(=O)O)C(=O)N[C@@H](CCC(=O)O)C(=O)NCCOCCO)C(C)C)C(C)C. The Morgan fingerprint density at radius 1 is 0.357 bits per heavy atom. The minimum atomic E-state index is -1.85. The highest BCUT2D eigenvalue weighted by molar-refractivity contribution is 5.98. The number of aliphatic carboxylic acids is 4. The largest absolute Gasteiger partial charge is 0.481 e. The summed E-state index contributed by atoms with van der Waals surface area (Å²) in [6.45, 7) is 10.9. The smallest absolute Gasteiger partial charge is 0.303 e. The first-order chi connectivity index (χ1) is 39.6. The van der Waals surface area contributed by atoms with Crippen molar-refractivity contribution >= 4 is 77.0 Å². The molecule has 0 saturated heterocycles. The second-order valence-electron chi connectivity index (χ2n) is 21.6. The average molecular weight is 1200 g/mol. The summed E-state index contributed by atoms with van der Waals surface area (Å²) >= 11 is 0. The van der Waals surface area contributed by atoms with E-state index in [4.69, 9.17) is 9.84 Å². The van der Waals surface area contributed by atoms with Crippen molar-refractivity contribution in [2.45, 2.75) is 238 Å². The number of rotatable bonds is 49. The molecule has 0 aromatic heterocycles. The second-order valence-corrected chi connectivity index (χ2v) is 21.6. The van der Waals surface area contributed by atoms with E-state index < -0.39 is 177 Å². The van der Waals surface area contributed by atoms with Gasteiger partial charge in [-0.15, -0.1) is 0 Å². The van der Waals surface area contributed by atoms with Gasteiger partial charge in [-0.25, -0.2) is 0 Å². The number of carbonyl (C=O) groups is 13. The Morgan fingerprint density at radius 3 is 1.05 bits per heavy atom. The zero-order valence-electron chi connectivity index (χ0n) is 50.1. The molecule has 28 heteroatoms. The fourth-order valence-electron chi connectivity index (χ4n) is 8.43. The van der Waals surface area contributed by atoms with E-state index in [0.29, 0.717) is 6.42 Å². The summed E-state index contributed by atoms with van der Waals surface area (Å²) in [4.78, 5) is 167. The van der Waals surface area contributed by atoms with E-state index in [-0.39, 0.29) is 44.6 Å². The lowest BCUT2D eigenvalue weighted by atomic mass is 9.99. The summed E-state index contributed by atoms with van der Waals surface area (Å²) in [6, 6.07) is -11.9. The molecule has 14 N–H and O–H groups in total. The van der Waals surface area contributed by atoms with Gasteiger partial charge in [-0.3, -0.25) is 62.3 Å². The number of ether oxygens (including phenoxy) is 1. The molecule has 84 heavy (non-hydrogen) atoms. The summed E-state index contributed by atoms with van der Waals surface area (Å²) in [7, 11) is 0. The van der Waals surface area contributed by atoms with Gasteiger partial charge in [-0.05, 0) is 57.8 Å². The van der Waals surface area contributed by atoms with E-state index in [9.17, 15) is 82.8 Å². The van der Waals surface area contributed by atoms with Gasteiger partial charge in [0.1, 0.15) is 48.3 Å². The summed E-state index contributed by atoms with van der Waals surface area (Å²) < 4.78 is 5.06. The van der Waals surface area contributed by atoms with Crippen LogP contribution in [0.2, 0.25) is 0 Å². The molecule has 0 aliphatic heterocycles. The highest BCUT2D eigenvalue weighted by Gasteiger charge is 2.35. The van der Waals surface area contributed by atoms with Crippen LogP contribution >= 0.6 is 0 Å². The number of aliphatic hydroxyl groups excluding tert-OH is 1. The van der Waals surface area contributed by atoms with Gasteiger partial charge < -0.3 is 78.1 Å². The molecule has 0 radical (unpaired) electrons. The Balaban J connectivity index is 5.95. The zero-order valence-corrected chi connectivity index (χ0v) is 50.1. The van der Waals surface area contributed by atoms with Gasteiger partial charge >= 0.3 is 23.9 Å². The van der Waals surface area contributed by atoms with Gasteiger partial charge in [0.15, 0.2) is 0 Å². The van der Waals surface area contributed by atoms with E-state index in [0.717, 1.165) is 25.7 Å². The quantitative estimate of drug-likeness (QED) is 0.0382. The molecule has 0 saturated carbocycles. The normalized spacial score (nSPS) is 14.0. The number of amides is 9. The molecular weight excluding hydrogens is 1100 g/mol. The van der Waals surface area contributed by atoms with Gasteiger partial charge in [0.25, 0.3) is 0 Å². The lowest BCUT2D eigenvalue weighted by Gasteiger charge is -2.28. The van der Waals surface area contributed by atoms with Crippen LogP contribution in [0.3, 0.4) is 0 Å². The van der Waals surface area contributed by atoms with Crippen LogP contribution < -0.4 is 47.9 Å². The first kappa shape index (κ1) is 77.0. The predicted octanol–water partition coefficient (Wildman–Crippen LogP) is 1.28. The summed E-state index contributed by atoms with van der Waals surface area (Å²) in [5.41, 5.74) is 0. The Labute approximate surface area is 492 Å². The minimum Gasteiger partial charge on any atom is -0.481 e. The first-order valence-electron chi connectivity index (χ1n) is 29.4. The molecule has 0 aliphatic carbocycles. The molecule has 480 valence electrons. The van der Waals surface area contributed by atoms with Crippen LogP contribution in [0.4, 0.5) is 0 Å². The van der Waals surface area contributed by atoms with E-state index >= 15 is 0 Å². The van der Waals surface area contributed by atoms with Crippen molar-refractivity contribution in [2.24, 2.45) is 11.8 Å². The molecule has 0 heterocycles. The number of hydrogen-bond acceptors (Lipinski definition) is 15. The van der Waals surface area contributed by atoms with Crippen molar-refractivity contribution in [3.8, 4) is 0 Å². The van der Waals surface area contributed by atoms with Gasteiger partial charge in [0.2, 0.25) is 53.2 Å². The number of carboxylic acids is 4. The van der Waals surface area contributed by atoms with E-state index in [1.54, 1.807) is 27.7 Å². The van der Waals surface area contributed by atoms with Crippen molar-refractivity contribution in [3.05, 3.63) is 0 Å². The number of carbonyl (C=O) groups excluding carboxylic acids is 9. The monoisotopic (exact) mass is 1200 g/mol. The Morgan fingerprint density at radius 2 is 0.679 bits per heavy atom. The topological polar surface area (TPSA) is 441 Å². The second kappa shape index (κ2) is 44.5. The summed E-state index contributed by atoms with van der Waals surface area (Å²) in [5.74, 6) is -14.7. The molecule has 28 nitrogen and oxygen atoms in total. The highest BCUT2D eigenvalue weighted by atomic mass is 16.5. The third-order valence-electron chi connectivity index (χ3n) is 13.4. The van der Waals surface area contributed by atoms with Crippen LogP contribution in [0, 0.1) is 11.8 Å². The fourth-order valence-corrected chi connectivity index (χ4v) is 8.43. The van der Waals surface area contributed by atoms with Crippen molar-refractivity contribution in [3.63, 3.8) is 0 Å². The average Bonchev–Trinajstić information content (AvgIpc) is 3.50. The third kappa shape index (κ3) is 35.9. The van der Waals surface area contributed by atoms with Gasteiger partial charge in [0.05, 0.1) is 19.8 Å². The Bertz CT molecular complexity index is 2110.